The number of nitrogens with one attached hydrogen (secondary N) is 2. The van der Waals surface area contributed by atoms with E-state index in [1.807, 2.05) is 25.1 Å². The van der Waals surface area contributed by atoms with Crippen LogP contribution < -0.4 is 10.6 Å². The molecular weight excluding hydrogens is 316 g/mol. The maximum absolute atomic E-state index is 12.8. The second-order valence-electron chi connectivity index (χ2n) is 7.62. The van der Waals surface area contributed by atoms with E-state index in [4.69, 9.17) is 4.74 Å². The first kappa shape index (κ1) is 19.4. The van der Waals surface area contributed by atoms with Crippen molar-refractivity contribution in [1.82, 2.24) is 5.32 Å². The molecule has 1 saturated heterocycles. The molecule has 1 fully saturated rings. The zero-order valence-electron chi connectivity index (χ0n) is 15.9. The van der Waals surface area contributed by atoms with Gasteiger partial charge in [0.1, 0.15) is 5.41 Å². The Labute approximate surface area is 150 Å². The monoisotopic (exact) mass is 346 g/mol. The first-order valence-corrected chi connectivity index (χ1v) is 9.04. The van der Waals surface area contributed by atoms with Crippen molar-refractivity contribution in [3.63, 3.8) is 0 Å². The molecule has 1 atom stereocenters. The van der Waals surface area contributed by atoms with Crippen LogP contribution >= 0.6 is 0 Å². The number of aryl methyl sites for hydroxylation is 1. The fourth-order valence-corrected chi connectivity index (χ4v) is 2.95. The Bertz CT molecular complexity index is 632. The summed E-state index contributed by atoms with van der Waals surface area (Å²) in [4.78, 5) is 25.3. The third-order valence-electron chi connectivity index (χ3n) is 4.82. The minimum atomic E-state index is -1.16. The zero-order valence-corrected chi connectivity index (χ0v) is 15.9. The number of ether oxygens (including phenoxy) is 1. The molecule has 2 rings (SSSR count). The summed E-state index contributed by atoms with van der Waals surface area (Å²) in [5.41, 5.74) is 1.72. The number of anilines is 1. The van der Waals surface area contributed by atoms with Crippen molar-refractivity contribution >= 4 is 17.5 Å². The van der Waals surface area contributed by atoms with Crippen molar-refractivity contribution in [2.45, 2.75) is 59.5 Å². The molecule has 1 aromatic carbocycles. The van der Waals surface area contributed by atoms with E-state index in [0.29, 0.717) is 6.54 Å². The maximum Gasteiger partial charge on any atom is 0.239 e. The number of carbonyl (C=O) groups is 2. The van der Waals surface area contributed by atoms with Crippen LogP contribution in [0.5, 0.6) is 0 Å². The lowest BCUT2D eigenvalue weighted by molar-refractivity contribution is -0.138. The zero-order chi connectivity index (χ0) is 18.6. The predicted octanol–water partition coefficient (Wildman–Crippen LogP) is 3.38. The van der Waals surface area contributed by atoms with Crippen molar-refractivity contribution in [2.75, 3.05) is 18.5 Å². The van der Waals surface area contributed by atoms with E-state index in [2.05, 4.69) is 24.5 Å². The maximum atomic E-state index is 12.8. The van der Waals surface area contributed by atoms with Gasteiger partial charge in [-0.3, -0.25) is 9.59 Å². The molecule has 138 valence electrons. The summed E-state index contributed by atoms with van der Waals surface area (Å²) in [6, 6.07) is 5.96. The summed E-state index contributed by atoms with van der Waals surface area (Å²) in [5.74, 6) is -0.291. The molecule has 0 radical (unpaired) electrons. The van der Waals surface area contributed by atoms with Crippen molar-refractivity contribution < 1.29 is 14.3 Å². The lowest BCUT2D eigenvalue weighted by atomic mass is 9.90. The number of hydrogen-bond donors (Lipinski definition) is 2. The van der Waals surface area contributed by atoms with E-state index in [1.165, 1.54) is 0 Å². The summed E-state index contributed by atoms with van der Waals surface area (Å²) < 4.78 is 5.51. The Morgan fingerprint density at radius 3 is 2.60 bits per heavy atom. The second kappa shape index (κ2) is 8.00. The third kappa shape index (κ3) is 4.60. The fourth-order valence-electron chi connectivity index (χ4n) is 2.95. The molecule has 25 heavy (non-hydrogen) atoms. The van der Waals surface area contributed by atoms with Crippen molar-refractivity contribution in [2.24, 2.45) is 5.41 Å². The van der Waals surface area contributed by atoms with Gasteiger partial charge in [0.2, 0.25) is 11.8 Å². The number of benzene rings is 1. The quantitative estimate of drug-likeness (QED) is 0.776. The Kier molecular flexibility index (Phi) is 6.22. The molecule has 2 N–H and O–H groups in total. The first-order chi connectivity index (χ1) is 11.7. The molecule has 2 amide bonds. The highest BCUT2D eigenvalue weighted by Crippen LogP contribution is 2.29. The van der Waals surface area contributed by atoms with E-state index in [-0.39, 0.29) is 23.8 Å². The summed E-state index contributed by atoms with van der Waals surface area (Å²) in [5, 5.41) is 5.84. The van der Waals surface area contributed by atoms with Gasteiger partial charge in [-0.05, 0) is 50.7 Å². The van der Waals surface area contributed by atoms with Crippen molar-refractivity contribution in [3.8, 4) is 0 Å². The average molecular weight is 346 g/mol. The smallest absolute Gasteiger partial charge is 0.239 e. The highest BCUT2D eigenvalue weighted by Gasteiger charge is 2.37. The molecule has 0 aromatic heterocycles. The molecule has 0 spiro atoms. The summed E-state index contributed by atoms with van der Waals surface area (Å²) in [6.07, 6.45) is 2.04. The van der Waals surface area contributed by atoms with Gasteiger partial charge >= 0.3 is 0 Å². The Hall–Kier alpha value is -1.88. The molecule has 0 bridgehead atoms. The largest absolute Gasteiger partial charge is 0.376 e. The van der Waals surface area contributed by atoms with E-state index >= 15 is 0 Å². The summed E-state index contributed by atoms with van der Waals surface area (Å²) in [7, 11) is 0. The topological polar surface area (TPSA) is 67.4 Å². The van der Waals surface area contributed by atoms with Gasteiger partial charge in [0.25, 0.3) is 0 Å². The van der Waals surface area contributed by atoms with Crippen LogP contribution in [0.1, 0.15) is 57.6 Å². The normalized spacial score (nSPS) is 17.6. The van der Waals surface area contributed by atoms with Crippen LogP contribution in [-0.4, -0.2) is 31.1 Å². The molecule has 5 nitrogen and oxygen atoms in total. The van der Waals surface area contributed by atoms with E-state index < -0.39 is 5.41 Å². The molecular formula is C20H30N2O3. The highest BCUT2D eigenvalue weighted by molar-refractivity contribution is 6.10. The van der Waals surface area contributed by atoms with Crippen molar-refractivity contribution in [3.05, 3.63) is 29.3 Å². The van der Waals surface area contributed by atoms with Gasteiger partial charge in [-0.15, -0.1) is 0 Å². The van der Waals surface area contributed by atoms with Gasteiger partial charge < -0.3 is 15.4 Å². The third-order valence-corrected chi connectivity index (χ3v) is 4.82. The molecule has 1 aliphatic rings. The van der Waals surface area contributed by atoms with Crippen molar-refractivity contribution in [1.29, 1.82) is 0 Å². The van der Waals surface area contributed by atoms with Gasteiger partial charge in [0, 0.05) is 18.8 Å². The van der Waals surface area contributed by atoms with E-state index in [9.17, 15) is 9.59 Å². The van der Waals surface area contributed by atoms with Crippen LogP contribution in [-0.2, 0) is 14.3 Å². The Morgan fingerprint density at radius 2 is 2.00 bits per heavy atom. The number of hydrogen-bond acceptors (Lipinski definition) is 3. The number of rotatable bonds is 6. The molecule has 1 aromatic rings. The van der Waals surface area contributed by atoms with Crippen LogP contribution in [0.25, 0.3) is 0 Å². The van der Waals surface area contributed by atoms with Crippen LogP contribution in [0.3, 0.4) is 0 Å². The van der Waals surface area contributed by atoms with E-state index in [0.717, 1.165) is 36.3 Å². The lowest BCUT2D eigenvalue weighted by Crippen LogP contribution is -2.47. The van der Waals surface area contributed by atoms with Crippen LogP contribution in [0.4, 0.5) is 5.69 Å². The van der Waals surface area contributed by atoms with Gasteiger partial charge in [0.15, 0.2) is 0 Å². The molecule has 0 aliphatic carbocycles. The van der Waals surface area contributed by atoms with Gasteiger partial charge in [-0.25, -0.2) is 0 Å². The van der Waals surface area contributed by atoms with Crippen LogP contribution in [0.2, 0.25) is 0 Å². The number of para-hydroxylation sites is 1. The van der Waals surface area contributed by atoms with Gasteiger partial charge in [0.05, 0.1) is 6.10 Å². The molecule has 5 heteroatoms. The minimum absolute atomic E-state index is 0.0618. The second-order valence-corrected chi connectivity index (χ2v) is 7.62. The lowest BCUT2D eigenvalue weighted by Gasteiger charge is -2.25. The first-order valence-electron chi connectivity index (χ1n) is 9.04. The highest BCUT2D eigenvalue weighted by atomic mass is 16.5. The standard InChI is InChI=1S/C20H30N2O3/c1-13(2)16-10-6-8-14(3)17(16)22-19(24)20(4,5)18(23)21-12-15-9-7-11-25-15/h6,8,10,13,15H,7,9,11-12H2,1-5H3,(H,21,23)(H,22,24). The minimum Gasteiger partial charge on any atom is -0.376 e. The van der Waals surface area contributed by atoms with Gasteiger partial charge in [-0.1, -0.05) is 32.0 Å². The SMILES string of the molecule is Cc1cccc(C(C)C)c1NC(=O)C(C)(C)C(=O)NCC1CCCO1. The average Bonchev–Trinajstić information content (AvgIpc) is 3.07. The molecule has 1 aliphatic heterocycles. The van der Waals surface area contributed by atoms with Gasteiger partial charge in [-0.2, -0.15) is 0 Å². The summed E-state index contributed by atoms with van der Waals surface area (Å²) in [6.45, 7) is 10.6. The molecule has 1 heterocycles. The number of amides is 2. The summed E-state index contributed by atoms with van der Waals surface area (Å²) >= 11 is 0. The van der Waals surface area contributed by atoms with Crippen LogP contribution in [0, 0.1) is 12.3 Å². The molecule has 0 saturated carbocycles. The predicted molar refractivity (Wildman–Crippen MR) is 99.7 cm³/mol. The molecule has 1 unspecified atom stereocenters. The van der Waals surface area contributed by atoms with E-state index in [1.54, 1.807) is 13.8 Å². The Balaban J connectivity index is 2.06. The Morgan fingerprint density at radius 1 is 1.28 bits per heavy atom. The fraction of sp³-hybridized carbons (Fsp3) is 0.600. The number of carbonyl (C=O) groups excluding carboxylic acids is 2. The van der Waals surface area contributed by atoms with Crippen LogP contribution in [0.15, 0.2) is 18.2 Å².